The van der Waals surface area contributed by atoms with Gasteiger partial charge in [0.25, 0.3) is 0 Å². The second kappa shape index (κ2) is 4.94. The average molecular weight is 211 g/mol. The minimum Gasteiger partial charge on any atom is -0.411 e. The molecule has 4 heteroatoms. The molecule has 1 saturated carbocycles. The predicted molar refractivity (Wildman–Crippen MR) is 60.5 cm³/mol. The fourth-order valence-electron chi connectivity index (χ4n) is 2.61. The van der Waals surface area contributed by atoms with Crippen molar-refractivity contribution in [3.8, 4) is 0 Å². The fraction of sp³-hybridized carbons (Fsp3) is 0.909. The van der Waals surface area contributed by atoms with Crippen LogP contribution in [-0.4, -0.2) is 60.0 Å². The highest BCUT2D eigenvalue weighted by atomic mass is 16.4. The molecule has 86 valence electrons. The Balaban J connectivity index is 1.87. The molecule has 1 aliphatic carbocycles. The molecular weight excluding hydrogens is 190 g/mol. The highest BCUT2D eigenvalue weighted by molar-refractivity contribution is 5.85. The number of hydrogen-bond acceptors (Lipinski definition) is 4. The van der Waals surface area contributed by atoms with Crippen LogP contribution in [0.2, 0.25) is 0 Å². The van der Waals surface area contributed by atoms with E-state index in [2.05, 4.69) is 22.0 Å². The summed E-state index contributed by atoms with van der Waals surface area (Å²) < 4.78 is 0. The van der Waals surface area contributed by atoms with Crippen molar-refractivity contribution in [1.82, 2.24) is 9.80 Å². The van der Waals surface area contributed by atoms with E-state index in [1.54, 1.807) is 0 Å². The Kier molecular flexibility index (Phi) is 3.59. The van der Waals surface area contributed by atoms with E-state index in [0.29, 0.717) is 6.04 Å². The fourth-order valence-corrected chi connectivity index (χ4v) is 2.61. The van der Waals surface area contributed by atoms with Crippen LogP contribution in [0.5, 0.6) is 0 Å². The summed E-state index contributed by atoms with van der Waals surface area (Å²) in [7, 11) is 2.18. The number of likely N-dealkylation sites (N-methyl/N-ethyl adjacent to an activating group) is 1. The topological polar surface area (TPSA) is 39.1 Å². The Bertz CT molecular complexity index is 234. The van der Waals surface area contributed by atoms with Crippen molar-refractivity contribution in [3.63, 3.8) is 0 Å². The van der Waals surface area contributed by atoms with Crippen LogP contribution in [0.1, 0.15) is 25.7 Å². The lowest BCUT2D eigenvalue weighted by molar-refractivity contribution is 0.105. The van der Waals surface area contributed by atoms with Gasteiger partial charge in [-0.2, -0.15) is 0 Å². The van der Waals surface area contributed by atoms with Crippen LogP contribution in [0.4, 0.5) is 0 Å². The van der Waals surface area contributed by atoms with Crippen LogP contribution >= 0.6 is 0 Å². The van der Waals surface area contributed by atoms with Gasteiger partial charge < -0.3 is 10.1 Å². The quantitative estimate of drug-likeness (QED) is 0.519. The summed E-state index contributed by atoms with van der Waals surface area (Å²) in [6, 6.07) is 0.623. The molecule has 0 amide bonds. The van der Waals surface area contributed by atoms with Crippen molar-refractivity contribution in [3.05, 3.63) is 0 Å². The third-order valence-electron chi connectivity index (χ3n) is 3.67. The number of oxime groups is 1. The Labute approximate surface area is 91.5 Å². The van der Waals surface area contributed by atoms with Crippen LogP contribution in [0.3, 0.4) is 0 Å². The van der Waals surface area contributed by atoms with Gasteiger partial charge in [0.05, 0.1) is 5.71 Å². The van der Waals surface area contributed by atoms with Crippen molar-refractivity contribution < 1.29 is 5.21 Å². The molecule has 0 radical (unpaired) electrons. The molecule has 0 aromatic heterocycles. The molecule has 0 spiro atoms. The summed E-state index contributed by atoms with van der Waals surface area (Å²) in [5, 5.41) is 12.2. The minimum atomic E-state index is 0.623. The van der Waals surface area contributed by atoms with E-state index in [0.717, 1.165) is 18.6 Å². The number of nitrogens with zero attached hydrogens (tertiary/aromatic N) is 3. The molecule has 0 bridgehead atoms. The highest BCUT2D eigenvalue weighted by Crippen LogP contribution is 2.21. The first-order chi connectivity index (χ1) is 7.29. The molecule has 0 aromatic rings. The molecule has 15 heavy (non-hydrogen) atoms. The smallest absolute Gasteiger partial charge is 0.0586 e. The Morgan fingerprint density at radius 1 is 1.27 bits per heavy atom. The lowest BCUT2D eigenvalue weighted by Gasteiger charge is -2.39. The first kappa shape index (κ1) is 10.9. The summed E-state index contributed by atoms with van der Waals surface area (Å²) in [5.41, 5.74) is 0.991. The zero-order chi connectivity index (χ0) is 10.7. The van der Waals surface area contributed by atoms with E-state index in [4.69, 9.17) is 5.21 Å². The van der Waals surface area contributed by atoms with Crippen LogP contribution < -0.4 is 0 Å². The zero-order valence-corrected chi connectivity index (χ0v) is 9.52. The van der Waals surface area contributed by atoms with Gasteiger partial charge in [0.1, 0.15) is 0 Å². The maximum Gasteiger partial charge on any atom is 0.0586 e. The van der Waals surface area contributed by atoms with E-state index in [-0.39, 0.29) is 0 Å². The summed E-state index contributed by atoms with van der Waals surface area (Å²) in [6.45, 7) is 4.67. The third kappa shape index (κ3) is 2.69. The lowest BCUT2D eigenvalue weighted by atomic mass is 9.92. The number of hydrogen-bond donors (Lipinski definition) is 1. The molecule has 2 rings (SSSR count). The van der Waals surface area contributed by atoms with Gasteiger partial charge in [-0.1, -0.05) is 5.16 Å². The van der Waals surface area contributed by atoms with Gasteiger partial charge in [-0.3, -0.25) is 4.90 Å². The Morgan fingerprint density at radius 2 is 2.00 bits per heavy atom. The maximum atomic E-state index is 8.81. The lowest BCUT2D eigenvalue weighted by Crippen LogP contribution is -2.50. The first-order valence-corrected chi connectivity index (χ1v) is 5.92. The zero-order valence-electron chi connectivity index (χ0n) is 9.52. The van der Waals surface area contributed by atoms with Crippen LogP contribution in [0.25, 0.3) is 0 Å². The van der Waals surface area contributed by atoms with Gasteiger partial charge in [-0.25, -0.2) is 0 Å². The van der Waals surface area contributed by atoms with Crippen molar-refractivity contribution >= 4 is 5.71 Å². The van der Waals surface area contributed by atoms with Gasteiger partial charge in [0.2, 0.25) is 0 Å². The van der Waals surface area contributed by atoms with Gasteiger partial charge in [0, 0.05) is 38.6 Å². The SMILES string of the molecule is CN1CCN(C2CCCC(=NO)C2)CC1. The van der Waals surface area contributed by atoms with E-state index < -0.39 is 0 Å². The molecule has 1 heterocycles. The normalized spacial score (nSPS) is 33.4. The van der Waals surface area contributed by atoms with Crippen LogP contribution in [0.15, 0.2) is 5.16 Å². The molecule has 2 fully saturated rings. The van der Waals surface area contributed by atoms with Gasteiger partial charge in [-0.05, 0) is 26.3 Å². The second-order valence-corrected chi connectivity index (χ2v) is 4.76. The number of rotatable bonds is 1. The largest absolute Gasteiger partial charge is 0.411 e. The molecule has 2 aliphatic rings. The van der Waals surface area contributed by atoms with Gasteiger partial charge in [0.15, 0.2) is 0 Å². The number of piperazine rings is 1. The summed E-state index contributed by atoms with van der Waals surface area (Å²) in [4.78, 5) is 4.94. The summed E-state index contributed by atoms with van der Waals surface area (Å²) >= 11 is 0. The molecule has 1 N–H and O–H groups in total. The minimum absolute atomic E-state index is 0.623. The highest BCUT2D eigenvalue weighted by Gasteiger charge is 2.26. The average Bonchev–Trinajstić information content (AvgIpc) is 2.30. The molecular formula is C11H21N3O. The monoisotopic (exact) mass is 211 g/mol. The van der Waals surface area contributed by atoms with Gasteiger partial charge in [-0.15, -0.1) is 0 Å². The summed E-state index contributed by atoms with van der Waals surface area (Å²) in [6.07, 6.45) is 4.40. The molecule has 1 unspecified atom stereocenters. The second-order valence-electron chi connectivity index (χ2n) is 4.76. The van der Waals surface area contributed by atoms with Crippen molar-refractivity contribution in [2.45, 2.75) is 31.7 Å². The van der Waals surface area contributed by atoms with E-state index in [9.17, 15) is 0 Å². The first-order valence-electron chi connectivity index (χ1n) is 5.92. The van der Waals surface area contributed by atoms with Crippen molar-refractivity contribution in [2.24, 2.45) is 5.16 Å². The van der Waals surface area contributed by atoms with E-state index in [1.165, 1.54) is 39.0 Å². The predicted octanol–water partition coefficient (Wildman–Crippen LogP) is 1.01. The van der Waals surface area contributed by atoms with E-state index >= 15 is 0 Å². The summed E-state index contributed by atoms with van der Waals surface area (Å²) in [5.74, 6) is 0. The van der Waals surface area contributed by atoms with Crippen LogP contribution in [-0.2, 0) is 0 Å². The van der Waals surface area contributed by atoms with Crippen molar-refractivity contribution in [1.29, 1.82) is 0 Å². The molecule has 1 atom stereocenters. The van der Waals surface area contributed by atoms with E-state index in [1.807, 2.05) is 0 Å². The molecule has 4 nitrogen and oxygen atoms in total. The van der Waals surface area contributed by atoms with Crippen molar-refractivity contribution in [2.75, 3.05) is 33.2 Å². The Morgan fingerprint density at radius 3 is 2.67 bits per heavy atom. The third-order valence-corrected chi connectivity index (χ3v) is 3.67. The maximum absolute atomic E-state index is 8.81. The molecule has 1 saturated heterocycles. The Hall–Kier alpha value is -0.610. The van der Waals surface area contributed by atoms with Crippen LogP contribution in [0, 0.1) is 0 Å². The standard InChI is InChI=1S/C11H21N3O/c1-13-5-7-14(8-6-13)11-4-2-3-10(9-11)12-15/h11,15H,2-9H2,1H3. The molecule has 1 aliphatic heterocycles. The molecule has 0 aromatic carbocycles. The van der Waals surface area contributed by atoms with Gasteiger partial charge >= 0.3 is 0 Å².